The highest BCUT2D eigenvalue weighted by Gasteiger charge is 2.32. The summed E-state index contributed by atoms with van der Waals surface area (Å²) in [5.41, 5.74) is 2.17. The third kappa shape index (κ3) is 3.95. The van der Waals surface area contributed by atoms with Crippen molar-refractivity contribution in [3.8, 4) is 23.3 Å². The second-order valence-electron chi connectivity index (χ2n) is 7.44. The van der Waals surface area contributed by atoms with Gasteiger partial charge < -0.3 is 24.4 Å². The number of methoxy groups -OCH3 is 1. The molecule has 2 aliphatic heterocycles. The van der Waals surface area contributed by atoms with Gasteiger partial charge in [-0.25, -0.2) is 4.99 Å². The predicted molar refractivity (Wildman–Crippen MR) is 114 cm³/mol. The summed E-state index contributed by atoms with van der Waals surface area (Å²) in [6.45, 7) is 3.66. The van der Waals surface area contributed by atoms with Crippen LogP contribution in [0.1, 0.15) is 17.0 Å². The average molecular weight is 404 g/mol. The summed E-state index contributed by atoms with van der Waals surface area (Å²) < 4.78 is 11.2. The Balaban J connectivity index is 1.74. The van der Waals surface area contributed by atoms with Crippen molar-refractivity contribution in [2.24, 2.45) is 4.99 Å². The summed E-state index contributed by atoms with van der Waals surface area (Å²) in [5, 5.41) is 19.9. The summed E-state index contributed by atoms with van der Waals surface area (Å²) in [7, 11) is 3.71. The summed E-state index contributed by atoms with van der Waals surface area (Å²) in [4.78, 5) is 8.91. The van der Waals surface area contributed by atoms with Crippen molar-refractivity contribution >= 4 is 6.34 Å². The van der Waals surface area contributed by atoms with Gasteiger partial charge in [-0.1, -0.05) is 18.2 Å². The van der Waals surface area contributed by atoms with E-state index >= 15 is 0 Å². The molecular weight excluding hydrogens is 380 g/mol. The lowest BCUT2D eigenvalue weighted by Gasteiger charge is -2.31. The van der Waals surface area contributed by atoms with Crippen molar-refractivity contribution in [3.05, 3.63) is 65.0 Å². The molecule has 0 radical (unpaired) electrons. The molecule has 0 bridgehead atoms. The molecule has 1 fully saturated rings. The van der Waals surface area contributed by atoms with Gasteiger partial charge in [0, 0.05) is 37.8 Å². The molecule has 154 valence electrons. The smallest absolute Gasteiger partial charge is 0.235 e. The molecule has 0 spiro atoms. The molecule has 0 aliphatic carbocycles. The molecule has 2 heterocycles. The molecule has 30 heavy (non-hydrogen) atoms. The number of nitrogens with zero attached hydrogens (tertiary/aromatic N) is 4. The number of fused-ring (bicyclic) bond motifs is 1. The Bertz CT molecular complexity index is 1020. The van der Waals surface area contributed by atoms with E-state index in [1.54, 1.807) is 31.6 Å². The number of piperazine rings is 1. The number of allylic oxidation sites excluding steroid dienone is 1. The number of aromatic hydroxyl groups is 1. The van der Waals surface area contributed by atoms with Gasteiger partial charge in [-0.15, -0.1) is 0 Å². The number of likely N-dealkylation sites (N-methyl/N-ethyl adjacent to an activating group) is 1. The zero-order chi connectivity index (χ0) is 21.1. The Morgan fingerprint density at radius 3 is 2.57 bits per heavy atom. The van der Waals surface area contributed by atoms with E-state index in [2.05, 4.69) is 27.9 Å². The molecule has 2 aromatic rings. The fourth-order valence-electron chi connectivity index (χ4n) is 3.71. The number of hydrogen-bond donors (Lipinski definition) is 1. The van der Waals surface area contributed by atoms with Gasteiger partial charge in [-0.05, 0) is 30.8 Å². The summed E-state index contributed by atoms with van der Waals surface area (Å²) in [6, 6.07) is 14.9. The Kier molecular flexibility index (Phi) is 5.59. The first-order valence-corrected chi connectivity index (χ1v) is 9.85. The summed E-state index contributed by atoms with van der Waals surface area (Å²) >= 11 is 0. The van der Waals surface area contributed by atoms with Crippen LogP contribution in [0, 0.1) is 11.3 Å². The van der Waals surface area contributed by atoms with E-state index < -0.39 is 0 Å². The third-order valence-corrected chi connectivity index (χ3v) is 5.48. The van der Waals surface area contributed by atoms with E-state index in [1.807, 2.05) is 24.3 Å². The van der Waals surface area contributed by atoms with Crippen molar-refractivity contribution in [2.75, 3.05) is 40.3 Å². The maximum Gasteiger partial charge on any atom is 0.235 e. The van der Waals surface area contributed by atoms with Crippen LogP contribution in [0.25, 0.3) is 0 Å². The first-order chi connectivity index (χ1) is 14.6. The highest BCUT2D eigenvalue weighted by atomic mass is 16.5. The van der Waals surface area contributed by atoms with E-state index in [0.717, 1.165) is 43.1 Å². The SMILES string of the molecule is COc1ccc(C2C(C#N)=C(N=CN3CCN(C)CC3)Oc3cc(O)ccc32)cc1. The predicted octanol–water partition coefficient (Wildman–Crippen LogP) is 2.94. The first kappa shape index (κ1) is 19.8. The number of aliphatic imine (C=N–C) groups is 1. The van der Waals surface area contributed by atoms with Crippen LogP contribution >= 0.6 is 0 Å². The number of nitriles is 1. The Labute approximate surface area is 176 Å². The lowest BCUT2D eigenvalue weighted by molar-refractivity contribution is 0.219. The van der Waals surface area contributed by atoms with Crippen LogP contribution in [-0.2, 0) is 0 Å². The average Bonchev–Trinajstić information content (AvgIpc) is 2.77. The van der Waals surface area contributed by atoms with E-state index in [0.29, 0.717) is 11.3 Å². The zero-order valence-electron chi connectivity index (χ0n) is 17.1. The molecular formula is C23H24N4O3. The van der Waals surface area contributed by atoms with E-state index in [9.17, 15) is 10.4 Å². The van der Waals surface area contributed by atoms with Gasteiger partial charge in [0.1, 0.15) is 28.9 Å². The highest BCUT2D eigenvalue weighted by Crippen LogP contribution is 2.44. The van der Waals surface area contributed by atoms with Crippen LogP contribution in [0.2, 0.25) is 0 Å². The molecule has 1 unspecified atom stereocenters. The second-order valence-corrected chi connectivity index (χ2v) is 7.44. The lowest BCUT2D eigenvalue weighted by Crippen LogP contribution is -2.43. The van der Waals surface area contributed by atoms with Crippen LogP contribution in [0.5, 0.6) is 17.2 Å². The molecule has 7 nitrogen and oxygen atoms in total. The molecule has 1 N–H and O–H groups in total. The highest BCUT2D eigenvalue weighted by molar-refractivity contribution is 5.61. The maximum absolute atomic E-state index is 9.99. The minimum atomic E-state index is -0.343. The molecule has 0 aromatic heterocycles. The number of ether oxygens (including phenoxy) is 2. The lowest BCUT2D eigenvalue weighted by atomic mass is 9.83. The molecule has 4 rings (SSSR count). The topological polar surface area (TPSA) is 81.3 Å². The molecule has 1 saturated heterocycles. The molecule has 2 aromatic carbocycles. The van der Waals surface area contributed by atoms with Gasteiger partial charge in [0.25, 0.3) is 0 Å². The molecule has 0 saturated carbocycles. The van der Waals surface area contributed by atoms with Crippen molar-refractivity contribution in [1.82, 2.24) is 9.80 Å². The van der Waals surface area contributed by atoms with Crippen LogP contribution in [0.15, 0.2) is 58.9 Å². The summed E-state index contributed by atoms with van der Waals surface area (Å²) in [6.07, 6.45) is 1.75. The number of rotatable bonds is 4. The Morgan fingerprint density at radius 1 is 1.17 bits per heavy atom. The maximum atomic E-state index is 9.99. The van der Waals surface area contributed by atoms with Crippen molar-refractivity contribution in [2.45, 2.75) is 5.92 Å². The second kappa shape index (κ2) is 8.47. The van der Waals surface area contributed by atoms with Gasteiger partial charge >= 0.3 is 0 Å². The van der Waals surface area contributed by atoms with Gasteiger partial charge in [-0.3, -0.25) is 0 Å². The fourth-order valence-corrected chi connectivity index (χ4v) is 3.71. The van der Waals surface area contributed by atoms with Crippen LogP contribution < -0.4 is 9.47 Å². The number of benzene rings is 2. The minimum absolute atomic E-state index is 0.102. The standard InChI is InChI=1S/C23H24N4O3/c1-26-9-11-27(12-10-26)15-25-23-20(14-24)22(16-3-6-18(29-2)7-4-16)19-8-5-17(28)13-21(19)30-23/h3-8,13,15,22,28H,9-12H2,1-2H3. The largest absolute Gasteiger partial charge is 0.508 e. The van der Waals surface area contributed by atoms with Crippen LogP contribution in [0.4, 0.5) is 0 Å². The van der Waals surface area contributed by atoms with E-state index in [-0.39, 0.29) is 17.6 Å². The van der Waals surface area contributed by atoms with Crippen molar-refractivity contribution < 1.29 is 14.6 Å². The van der Waals surface area contributed by atoms with Gasteiger partial charge in [0.05, 0.1) is 19.4 Å². The minimum Gasteiger partial charge on any atom is -0.508 e. The first-order valence-electron chi connectivity index (χ1n) is 9.85. The molecule has 7 heteroatoms. The third-order valence-electron chi connectivity index (χ3n) is 5.48. The number of phenols is 1. The van der Waals surface area contributed by atoms with E-state index in [1.165, 1.54) is 0 Å². The van der Waals surface area contributed by atoms with Gasteiger partial charge in [-0.2, -0.15) is 5.26 Å². The van der Waals surface area contributed by atoms with Crippen LogP contribution in [0.3, 0.4) is 0 Å². The Hall–Kier alpha value is -3.50. The normalized spacial score (nSPS) is 19.4. The number of phenolic OH excluding ortho intramolecular Hbond substituents is 1. The molecule has 0 amide bonds. The quantitative estimate of drug-likeness (QED) is 0.623. The van der Waals surface area contributed by atoms with Gasteiger partial charge in [0.15, 0.2) is 0 Å². The van der Waals surface area contributed by atoms with Gasteiger partial charge in [0.2, 0.25) is 5.88 Å². The number of hydrogen-bond acceptors (Lipinski definition) is 6. The Morgan fingerprint density at radius 2 is 1.90 bits per heavy atom. The summed E-state index contributed by atoms with van der Waals surface area (Å²) in [5.74, 6) is 1.26. The molecule has 2 aliphatic rings. The fraction of sp³-hybridized carbons (Fsp3) is 0.304. The van der Waals surface area contributed by atoms with Crippen LogP contribution in [-0.4, -0.2) is 61.6 Å². The van der Waals surface area contributed by atoms with Crippen molar-refractivity contribution in [3.63, 3.8) is 0 Å². The monoisotopic (exact) mass is 404 g/mol. The molecule has 1 atom stereocenters. The van der Waals surface area contributed by atoms with E-state index in [4.69, 9.17) is 9.47 Å². The zero-order valence-corrected chi connectivity index (χ0v) is 17.1. The van der Waals surface area contributed by atoms with Crippen molar-refractivity contribution in [1.29, 1.82) is 5.26 Å².